The van der Waals surface area contributed by atoms with Gasteiger partial charge in [-0.1, -0.05) is 90.9 Å². The van der Waals surface area contributed by atoms with Crippen molar-refractivity contribution in [1.82, 2.24) is 10.3 Å². The van der Waals surface area contributed by atoms with E-state index in [1.54, 1.807) is 6.20 Å². The molecule has 0 amide bonds. The van der Waals surface area contributed by atoms with Crippen LogP contribution in [0.3, 0.4) is 0 Å². The minimum absolute atomic E-state index is 0.0986. The predicted octanol–water partition coefficient (Wildman–Crippen LogP) is 8.23. The van der Waals surface area contributed by atoms with Crippen LogP contribution in [0.2, 0.25) is 0 Å². The molecule has 2 heterocycles. The third-order valence-electron chi connectivity index (χ3n) is 5.22. The van der Waals surface area contributed by atoms with Crippen LogP contribution in [-0.4, -0.2) is 23.6 Å². The highest BCUT2D eigenvalue weighted by atomic mass is 15.1. The van der Waals surface area contributed by atoms with Crippen LogP contribution in [0.25, 0.3) is 0 Å². The summed E-state index contributed by atoms with van der Waals surface area (Å²) in [6.07, 6.45) is 1.80. The number of nitriles is 1. The first-order valence-corrected chi connectivity index (χ1v) is 13.7. The van der Waals surface area contributed by atoms with Crippen LogP contribution in [0.1, 0.15) is 84.9 Å². The molecule has 1 aliphatic rings. The van der Waals surface area contributed by atoms with Crippen LogP contribution in [0.4, 0.5) is 11.5 Å². The second kappa shape index (κ2) is 19.8. The lowest BCUT2D eigenvalue weighted by Crippen LogP contribution is -2.42. The number of hydrogen-bond donors (Lipinski definition) is 3. The first-order chi connectivity index (χ1) is 18.0. The predicted molar refractivity (Wildman–Crippen MR) is 162 cm³/mol. The molecule has 202 valence electrons. The van der Waals surface area contributed by atoms with Crippen molar-refractivity contribution in [3.05, 3.63) is 89.6 Å². The molecule has 0 saturated heterocycles. The Labute approximate surface area is 226 Å². The average Bonchev–Trinajstić information content (AvgIpc) is 2.96. The summed E-state index contributed by atoms with van der Waals surface area (Å²) in [7, 11) is 0. The smallest absolute Gasteiger partial charge is 0.149 e. The van der Waals surface area contributed by atoms with Crippen LogP contribution in [0.5, 0.6) is 0 Å². The Bertz CT molecular complexity index is 992. The number of anilines is 2. The Morgan fingerprint density at radius 3 is 2.14 bits per heavy atom. The van der Waals surface area contributed by atoms with Gasteiger partial charge in [0.05, 0.1) is 22.9 Å². The Morgan fingerprint density at radius 2 is 1.54 bits per heavy atom. The summed E-state index contributed by atoms with van der Waals surface area (Å²) in [4.78, 5) is 4.24. The van der Waals surface area contributed by atoms with E-state index in [1.807, 2.05) is 84.0 Å². The quantitative estimate of drug-likeness (QED) is 0.327. The molecular weight excluding hydrogens is 454 g/mol. The molecule has 1 aromatic heterocycles. The first-order valence-electron chi connectivity index (χ1n) is 13.7. The third kappa shape index (κ3) is 13.0. The molecule has 5 heteroatoms. The minimum Gasteiger partial charge on any atom is -0.380 e. The first kappa shape index (κ1) is 33.6. The van der Waals surface area contributed by atoms with Crippen molar-refractivity contribution in [2.24, 2.45) is 0 Å². The SMILES string of the molecule is CC.CC.CC.CC(CNCc1ccccc1)c1ccc(C#N)cc1.CC1(C)CNc2cccnc2N1. The number of benzene rings is 2. The maximum Gasteiger partial charge on any atom is 0.149 e. The molecule has 0 saturated carbocycles. The Morgan fingerprint density at radius 1 is 0.919 bits per heavy atom. The Kier molecular flexibility index (Phi) is 18.0. The highest BCUT2D eigenvalue weighted by Crippen LogP contribution is 2.26. The average molecular weight is 504 g/mol. The van der Waals surface area contributed by atoms with E-state index in [-0.39, 0.29) is 5.54 Å². The van der Waals surface area contributed by atoms with Gasteiger partial charge in [-0.25, -0.2) is 4.98 Å². The normalized spacial score (nSPS) is 12.6. The number of nitrogens with zero attached hydrogens (tertiary/aromatic N) is 2. The van der Waals surface area contributed by atoms with E-state index in [9.17, 15) is 0 Å². The zero-order valence-corrected chi connectivity index (χ0v) is 24.5. The van der Waals surface area contributed by atoms with E-state index < -0.39 is 0 Å². The van der Waals surface area contributed by atoms with E-state index in [0.717, 1.165) is 31.1 Å². The molecule has 1 atom stereocenters. The Hall–Kier alpha value is -3.36. The van der Waals surface area contributed by atoms with Gasteiger partial charge < -0.3 is 16.0 Å². The molecule has 3 N–H and O–H groups in total. The van der Waals surface area contributed by atoms with E-state index in [2.05, 4.69) is 72.0 Å². The zero-order chi connectivity index (χ0) is 28.1. The lowest BCUT2D eigenvalue weighted by atomic mass is 10.00. The maximum absolute atomic E-state index is 8.77. The second-order valence-corrected chi connectivity index (χ2v) is 8.51. The summed E-state index contributed by atoms with van der Waals surface area (Å²) in [6.45, 7) is 21.3. The summed E-state index contributed by atoms with van der Waals surface area (Å²) in [5, 5.41) is 18.9. The maximum atomic E-state index is 8.77. The number of fused-ring (bicyclic) bond motifs is 1. The number of hydrogen-bond acceptors (Lipinski definition) is 5. The van der Waals surface area contributed by atoms with Crippen molar-refractivity contribution in [2.45, 2.75) is 80.3 Å². The van der Waals surface area contributed by atoms with Gasteiger partial charge in [-0.2, -0.15) is 5.26 Å². The van der Waals surface area contributed by atoms with Crippen molar-refractivity contribution in [1.29, 1.82) is 5.26 Å². The highest BCUT2D eigenvalue weighted by Gasteiger charge is 2.23. The van der Waals surface area contributed by atoms with Crippen LogP contribution >= 0.6 is 0 Å². The monoisotopic (exact) mass is 503 g/mol. The van der Waals surface area contributed by atoms with Gasteiger partial charge in [-0.3, -0.25) is 0 Å². The lowest BCUT2D eigenvalue weighted by molar-refractivity contribution is 0.585. The van der Waals surface area contributed by atoms with Gasteiger partial charge in [-0.15, -0.1) is 0 Å². The standard InChI is InChI=1S/C17H18N2.C9H13N3.3C2H6/c1-14(17-9-7-15(11-18)8-10-17)12-19-13-16-5-3-2-4-6-16;1-9(2)6-11-7-4-3-5-10-8(7)12-9;3*1-2/h2-10,14,19H,12-13H2,1H3;3-5,11H,6H2,1-2H3,(H,10,12);3*1-2H3. The fraction of sp³-hybridized carbons (Fsp3) is 0.438. The molecule has 1 aliphatic heterocycles. The van der Waals surface area contributed by atoms with Crippen molar-refractivity contribution >= 4 is 11.5 Å². The zero-order valence-electron chi connectivity index (χ0n) is 24.5. The Balaban J connectivity index is 0.000000618. The number of pyridine rings is 1. The van der Waals surface area contributed by atoms with E-state index >= 15 is 0 Å². The van der Waals surface area contributed by atoms with Crippen LogP contribution in [-0.2, 0) is 6.54 Å². The molecule has 0 aliphatic carbocycles. The summed E-state index contributed by atoms with van der Waals surface area (Å²) < 4.78 is 0. The number of aromatic nitrogens is 1. The fourth-order valence-electron chi connectivity index (χ4n) is 3.36. The highest BCUT2D eigenvalue weighted by molar-refractivity contribution is 5.67. The number of rotatable bonds is 5. The molecule has 0 spiro atoms. The van der Waals surface area contributed by atoms with E-state index in [1.165, 1.54) is 11.1 Å². The van der Waals surface area contributed by atoms with Gasteiger partial charge in [0.2, 0.25) is 0 Å². The van der Waals surface area contributed by atoms with Gasteiger partial charge in [0.1, 0.15) is 5.82 Å². The molecule has 37 heavy (non-hydrogen) atoms. The molecule has 0 fully saturated rings. The van der Waals surface area contributed by atoms with Gasteiger partial charge in [-0.05, 0) is 55.2 Å². The van der Waals surface area contributed by atoms with Gasteiger partial charge in [0, 0.05) is 25.8 Å². The van der Waals surface area contributed by atoms with Crippen LogP contribution in [0, 0.1) is 11.3 Å². The third-order valence-corrected chi connectivity index (χ3v) is 5.22. The van der Waals surface area contributed by atoms with Gasteiger partial charge >= 0.3 is 0 Å². The van der Waals surface area contributed by atoms with Crippen LogP contribution in [0.15, 0.2) is 72.9 Å². The lowest BCUT2D eigenvalue weighted by Gasteiger charge is -2.33. The molecule has 1 unspecified atom stereocenters. The van der Waals surface area contributed by atoms with Gasteiger partial charge in [0.15, 0.2) is 0 Å². The van der Waals surface area contributed by atoms with Crippen molar-refractivity contribution in [3.8, 4) is 6.07 Å². The molecule has 2 aromatic carbocycles. The molecule has 0 bridgehead atoms. The summed E-state index contributed by atoms with van der Waals surface area (Å²) in [5.41, 5.74) is 4.47. The summed E-state index contributed by atoms with van der Waals surface area (Å²) in [5.74, 6) is 1.39. The summed E-state index contributed by atoms with van der Waals surface area (Å²) in [6, 6.07) is 24.3. The topological polar surface area (TPSA) is 72.8 Å². The molecule has 4 rings (SSSR count). The fourth-order valence-corrected chi connectivity index (χ4v) is 3.36. The molecule has 3 aromatic rings. The number of nitrogens with one attached hydrogen (secondary N) is 3. The summed E-state index contributed by atoms with van der Waals surface area (Å²) >= 11 is 0. The second-order valence-electron chi connectivity index (χ2n) is 8.51. The molecule has 5 nitrogen and oxygen atoms in total. The van der Waals surface area contributed by atoms with E-state index in [0.29, 0.717) is 11.5 Å². The van der Waals surface area contributed by atoms with Crippen molar-refractivity contribution in [2.75, 3.05) is 23.7 Å². The van der Waals surface area contributed by atoms with Crippen molar-refractivity contribution in [3.63, 3.8) is 0 Å². The largest absolute Gasteiger partial charge is 0.380 e. The minimum atomic E-state index is 0.0986. The molecular formula is C32H49N5. The molecule has 0 radical (unpaired) electrons. The van der Waals surface area contributed by atoms with Crippen LogP contribution < -0.4 is 16.0 Å². The van der Waals surface area contributed by atoms with Gasteiger partial charge in [0.25, 0.3) is 0 Å². The van der Waals surface area contributed by atoms with E-state index in [4.69, 9.17) is 5.26 Å². The van der Waals surface area contributed by atoms with Crippen molar-refractivity contribution < 1.29 is 0 Å².